The van der Waals surface area contributed by atoms with Gasteiger partial charge < -0.3 is 10.4 Å². The number of hydrogen-bond acceptors (Lipinski definition) is 2. The first kappa shape index (κ1) is 11.4. The van der Waals surface area contributed by atoms with E-state index in [2.05, 4.69) is 5.32 Å². The Balaban J connectivity index is 1.93. The monoisotopic (exact) mass is 225 g/mol. The lowest BCUT2D eigenvalue weighted by molar-refractivity contribution is -0.162. The summed E-state index contributed by atoms with van der Waals surface area (Å²) in [6.07, 6.45) is 7.38. The Morgan fingerprint density at radius 3 is 2.12 bits per heavy atom. The van der Waals surface area contributed by atoms with E-state index in [1.807, 2.05) is 0 Å². The zero-order chi connectivity index (χ0) is 11.6. The molecule has 0 bridgehead atoms. The van der Waals surface area contributed by atoms with Crippen LogP contribution in [0.4, 0.5) is 0 Å². The summed E-state index contributed by atoms with van der Waals surface area (Å²) in [5, 5.41) is 12.0. The van der Waals surface area contributed by atoms with Crippen LogP contribution in [0.3, 0.4) is 0 Å². The molecule has 0 aromatic rings. The van der Waals surface area contributed by atoms with Gasteiger partial charge in [0, 0.05) is 6.04 Å². The molecule has 4 nitrogen and oxygen atoms in total. The molecule has 90 valence electrons. The molecule has 4 heteroatoms. The Hall–Kier alpha value is -1.06. The number of carbonyl (C=O) groups is 2. The largest absolute Gasteiger partial charge is 0.480 e. The highest BCUT2D eigenvalue weighted by Crippen LogP contribution is 2.41. The molecule has 2 fully saturated rings. The fourth-order valence-electron chi connectivity index (χ4n) is 2.64. The van der Waals surface area contributed by atoms with Gasteiger partial charge >= 0.3 is 5.97 Å². The van der Waals surface area contributed by atoms with Gasteiger partial charge in [0.25, 0.3) is 0 Å². The smallest absolute Gasteiger partial charge is 0.319 e. The molecule has 2 rings (SSSR count). The lowest BCUT2D eigenvalue weighted by atomic mass is 9.68. The summed E-state index contributed by atoms with van der Waals surface area (Å²) in [4.78, 5) is 23.1. The first-order valence-electron chi connectivity index (χ1n) is 6.19. The number of carbonyl (C=O) groups excluding carboxylic acids is 1. The summed E-state index contributed by atoms with van der Waals surface area (Å²) in [5.74, 6) is -1.20. The standard InChI is InChI=1S/C12H19NO3/c14-10(12(11(15)16)7-4-8-12)13-9-5-2-1-3-6-9/h9H,1-8H2,(H,13,14)(H,15,16). The molecule has 2 aliphatic rings. The van der Waals surface area contributed by atoms with E-state index < -0.39 is 11.4 Å². The number of carboxylic acids is 1. The summed E-state index contributed by atoms with van der Waals surface area (Å²) in [5.41, 5.74) is -1.10. The molecular weight excluding hydrogens is 206 g/mol. The minimum atomic E-state index is -1.10. The zero-order valence-corrected chi connectivity index (χ0v) is 9.50. The van der Waals surface area contributed by atoms with Crippen molar-refractivity contribution in [2.75, 3.05) is 0 Å². The van der Waals surface area contributed by atoms with E-state index >= 15 is 0 Å². The van der Waals surface area contributed by atoms with Crippen LogP contribution >= 0.6 is 0 Å². The Bertz CT molecular complexity index is 291. The Morgan fingerprint density at radius 1 is 1.06 bits per heavy atom. The van der Waals surface area contributed by atoms with E-state index in [1.54, 1.807) is 0 Å². The molecule has 0 heterocycles. The number of hydrogen-bond donors (Lipinski definition) is 2. The van der Waals surface area contributed by atoms with E-state index in [0.717, 1.165) is 32.1 Å². The van der Waals surface area contributed by atoms with E-state index in [1.165, 1.54) is 6.42 Å². The number of aliphatic carboxylic acids is 1. The van der Waals surface area contributed by atoms with Gasteiger partial charge in [-0.1, -0.05) is 25.7 Å². The summed E-state index contributed by atoms with van der Waals surface area (Å²) in [6, 6.07) is 0.207. The maximum atomic E-state index is 12.0. The second-order valence-electron chi connectivity index (χ2n) is 5.05. The minimum Gasteiger partial charge on any atom is -0.480 e. The average molecular weight is 225 g/mol. The molecule has 0 saturated heterocycles. The molecule has 2 N–H and O–H groups in total. The van der Waals surface area contributed by atoms with Crippen molar-refractivity contribution < 1.29 is 14.7 Å². The fourth-order valence-corrected chi connectivity index (χ4v) is 2.64. The third kappa shape index (κ3) is 1.93. The molecule has 16 heavy (non-hydrogen) atoms. The van der Waals surface area contributed by atoms with Gasteiger partial charge in [-0.3, -0.25) is 9.59 Å². The molecular formula is C12H19NO3. The van der Waals surface area contributed by atoms with Crippen molar-refractivity contribution in [2.45, 2.75) is 57.4 Å². The molecule has 0 radical (unpaired) electrons. The Kier molecular flexibility index (Phi) is 3.17. The van der Waals surface area contributed by atoms with Crippen molar-refractivity contribution in [3.63, 3.8) is 0 Å². The summed E-state index contributed by atoms with van der Waals surface area (Å²) in [6.45, 7) is 0. The second kappa shape index (κ2) is 4.44. The number of rotatable bonds is 3. The normalized spacial score (nSPS) is 24.5. The summed E-state index contributed by atoms with van der Waals surface area (Å²) in [7, 11) is 0. The van der Waals surface area contributed by atoms with Gasteiger partial charge in [-0.15, -0.1) is 0 Å². The van der Waals surface area contributed by atoms with E-state index in [9.17, 15) is 9.59 Å². The predicted molar refractivity (Wildman–Crippen MR) is 58.9 cm³/mol. The van der Waals surface area contributed by atoms with Crippen LogP contribution in [0.25, 0.3) is 0 Å². The van der Waals surface area contributed by atoms with Crippen LogP contribution in [-0.4, -0.2) is 23.0 Å². The molecule has 0 unspecified atom stereocenters. The van der Waals surface area contributed by atoms with E-state index in [-0.39, 0.29) is 11.9 Å². The maximum absolute atomic E-state index is 12.0. The lowest BCUT2D eigenvalue weighted by Gasteiger charge is -2.37. The third-order valence-corrected chi connectivity index (χ3v) is 3.99. The highest BCUT2D eigenvalue weighted by Gasteiger charge is 2.51. The molecule has 2 aliphatic carbocycles. The van der Waals surface area contributed by atoms with Crippen molar-refractivity contribution in [1.82, 2.24) is 5.32 Å². The molecule has 1 amide bonds. The van der Waals surface area contributed by atoms with Crippen LogP contribution in [0.1, 0.15) is 51.4 Å². The topological polar surface area (TPSA) is 66.4 Å². The Labute approximate surface area is 95.4 Å². The van der Waals surface area contributed by atoms with Crippen molar-refractivity contribution >= 4 is 11.9 Å². The van der Waals surface area contributed by atoms with E-state index in [4.69, 9.17) is 5.11 Å². The van der Waals surface area contributed by atoms with Gasteiger partial charge in [0.05, 0.1) is 0 Å². The zero-order valence-electron chi connectivity index (χ0n) is 9.50. The Morgan fingerprint density at radius 2 is 1.69 bits per heavy atom. The first-order valence-corrected chi connectivity index (χ1v) is 6.19. The van der Waals surface area contributed by atoms with Crippen molar-refractivity contribution in [1.29, 1.82) is 0 Å². The van der Waals surface area contributed by atoms with Crippen molar-refractivity contribution in [3.05, 3.63) is 0 Å². The van der Waals surface area contributed by atoms with Crippen LogP contribution < -0.4 is 5.32 Å². The summed E-state index contributed by atoms with van der Waals surface area (Å²) < 4.78 is 0. The molecule has 0 atom stereocenters. The van der Waals surface area contributed by atoms with Crippen LogP contribution in [0.5, 0.6) is 0 Å². The van der Waals surface area contributed by atoms with Gasteiger partial charge in [-0.05, 0) is 25.7 Å². The highest BCUT2D eigenvalue weighted by molar-refractivity contribution is 6.02. The molecule has 0 aromatic carbocycles. The molecule has 0 aromatic heterocycles. The molecule has 0 aliphatic heterocycles. The first-order chi connectivity index (χ1) is 7.65. The van der Waals surface area contributed by atoms with Gasteiger partial charge in [0.15, 0.2) is 0 Å². The van der Waals surface area contributed by atoms with Crippen molar-refractivity contribution in [3.8, 4) is 0 Å². The van der Waals surface area contributed by atoms with Gasteiger partial charge in [-0.2, -0.15) is 0 Å². The quantitative estimate of drug-likeness (QED) is 0.718. The van der Waals surface area contributed by atoms with Crippen LogP contribution in [-0.2, 0) is 9.59 Å². The molecule has 2 saturated carbocycles. The maximum Gasteiger partial charge on any atom is 0.319 e. The van der Waals surface area contributed by atoms with Gasteiger partial charge in [0.2, 0.25) is 5.91 Å². The SMILES string of the molecule is O=C(O)C1(C(=O)NC2CCCCC2)CCC1. The lowest BCUT2D eigenvalue weighted by Crippen LogP contribution is -2.53. The minimum absolute atomic E-state index is 0.207. The molecule has 0 spiro atoms. The fraction of sp³-hybridized carbons (Fsp3) is 0.833. The van der Waals surface area contributed by atoms with Gasteiger partial charge in [0.1, 0.15) is 5.41 Å². The number of carboxylic acid groups (broad SMARTS) is 1. The van der Waals surface area contributed by atoms with Crippen LogP contribution in [0.2, 0.25) is 0 Å². The van der Waals surface area contributed by atoms with Crippen LogP contribution in [0, 0.1) is 5.41 Å². The average Bonchev–Trinajstić information content (AvgIpc) is 2.16. The predicted octanol–water partition coefficient (Wildman–Crippen LogP) is 1.69. The number of nitrogens with one attached hydrogen (secondary N) is 1. The second-order valence-corrected chi connectivity index (χ2v) is 5.05. The van der Waals surface area contributed by atoms with Crippen LogP contribution in [0.15, 0.2) is 0 Å². The highest BCUT2D eigenvalue weighted by atomic mass is 16.4. The third-order valence-electron chi connectivity index (χ3n) is 3.99. The van der Waals surface area contributed by atoms with E-state index in [0.29, 0.717) is 12.8 Å². The van der Waals surface area contributed by atoms with Crippen molar-refractivity contribution in [2.24, 2.45) is 5.41 Å². The van der Waals surface area contributed by atoms with Gasteiger partial charge in [-0.25, -0.2) is 0 Å². The summed E-state index contributed by atoms with van der Waals surface area (Å²) >= 11 is 0. The number of amides is 1.